The van der Waals surface area contributed by atoms with Crippen molar-refractivity contribution in [3.05, 3.63) is 116 Å². The first-order chi connectivity index (χ1) is 20.5. The van der Waals surface area contributed by atoms with E-state index in [4.69, 9.17) is 19.3 Å². The first-order valence-corrected chi connectivity index (χ1v) is 15.0. The predicted molar refractivity (Wildman–Crippen MR) is 177 cm³/mol. The largest absolute Gasteiger partial charge is 1.00 e. The summed E-state index contributed by atoms with van der Waals surface area (Å²) in [6.45, 7) is 8.00. The number of non-ortho nitro benzene ring substituents is 1. The number of hydrogen-bond donors (Lipinski definition) is 0. The molecule has 0 amide bonds. The summed E-state index contributed by atoms with van der Waals surface area (Å²) >= 11 is 6.65. The van der Waals surface area contributed by atoms with Crippen LogP contribution in [-0.4, -0.2) is 27.8 Å². The molecule has 0 aliphatic carbocycles. The van der Waals surface area contributed by atoms with E-state index in [2.05, 4.69) is 43.1 Å². The predicted octanol–water partition coefficient (Wildman–Crippen LogP) is 6.77. The van der Waals surface area contributed by atoms with Crippen molar-refractivity contribution in [3.8, 4) is 28.9 Å². The molecule has 0 aliphatic rings. The van der Waals surface area contributed by atoms with Gasteiger partial charge < -0.3 is 19.5 Å². The van der Waals surface area contributed by atoms with Crippen LogP contribution in [-0.2, 0) is 6.42 Å². The Labute approximate surface area is 322 Å². The Morgan fingerprint density at radius 3 is 1.84 bits per heavy atom. The molecule has 230 valence electrons. The molecule has 0 unspecified atom stereocenters. The molecule has 0 radical (unpaired) electrons. The summed E-state index contributed by atoms with van der Waals surface area (Å²) in [6.07, 6.45) is 0.826. The molecule has 0 saturated heterocycles. The van der Waals surface area contributed by atoms with Gasteiger partial charge in [-0.1, -0.05) is 49.1 Å². The van der Waals surface area contributed by atoms with E-state index in [0.717, 1.165) is 48.2 Å². The Kier molecular flexibility index (Phi) is 18.4. The second-order valence-corrected chi connectivity index (χ2v) is 11.6. The van der Waals surface area contributed by atoms with E-state index in [0.29, 0.717) is 6.42 Å². The Bertz CT molecular complexity index is 1650. The third-order valence-corrected chi connectivity index (χ3v) is 6.56. The Morgan fingerprint density at radius 2 is 1.36 bits per heavy atom. The minimum Gasteiger partial charge on any atom is -0.870 e. The van der Waals surface area contributed by atoms with Gasteiger partial charge >= 0.3 is 51.4 Å². The van der Waals surface area contributed by atoms with Crippen LogP contribution in [0, 0.1) is 21.4 Å². The molecule has 1 N–H and O–H groups in total. The summed E-state index contributed by atoms with van der Waals surface area (Å²) in [5, 5.41) is 23.6. The number of nitrogens with zero attached hydrogens (tertiary/aromatic N) is 3. The fourth-order valence-corrected chi connectivity index (χ4v) is 4.32. The second-order valence-electron chi connectivity index (χ2n) is 9.74. The zero-order chi connectivity index (χ0) is 31.4. The number of nitriles is 1. The molecule has 0 saturated carbocycles. The molecule has 0 fully saturated rings. The van der Waals surface area contributed by atoms with Gasteiger partial charge in [0.15, 0.2) is 5.76 Å². The summed E-state index contributed by atoms with van der Waals surface area (Å²) in [7, 11) is 0. The van der Waals surface area contributed by atoms with E-state index in [1.165, 1.54) is 12.1 Å². The van der Waals surface area contributed by atoms with Crippen LogP contribution in [0.5, 0.6) is 11.5 Å². The SMILES string of the molecule is CC(C)Oc1ccc(-c2onc3ccc(Br)cc23)cc1.CC(C)Oc1ccc(CC#N)cc1.O=[N+]([O-])c1ccc(Br)cc1.[K+].[OH-]. The summed E-state index contributed by atoms with van der Waals surface area (Å²) in [6, 6.07) is 29.7. The molecule has 12 heteroatoms. The second kappa shape index (κ2) is 20.5. The number of ether oxygens (including phenoxy) is 2. The first kappa shape index (κ1) is 40.4. The summed E-state index contributed by atoms with van der Waals surface area (Å²) in [5.74, 6) is 2.49. The average Bonchev–Trinajstić information content (AvgIpc) is 3.38. The van der Waals surface area contributed by atoms with Crippen LogP contribution in [0.4, 0.5) is 5.69 Å². The van der Waals surface area contributed by atoms with Crippen LogP contribution in [0.2, 0.25) is 0 Å². The van der Waals surface area contributed by atoms with Crippen LogP contribution in [0.15, 0.2) is 104 Å². The first-order valence-electron chi connectivity index (χ1n) is 13.4. The number of fused-ring (bicyclic) bond motifs is 1. The van der Waals surface area contributed by atoms with Crippen LogP contribution in [0.25, 0.3) is 22.2 Å². The van der Waals surface area contributed by atoms with Crippen molar-refractivity contribution in [2.24, 2.45) is 0 Å². The molecular formula is C33H32Br2KN3O6. The van der Waals surface area contributed by atoms with E-state index in [1.54, 1.807) is 12.1 Å². The van der Waals surface area contributed by atoms with E-state index >= 15 is 0 Å². The Morgan fingerprint density at radius 1 is 0.844 bits per heavy atom. The average molecular weight is 766 g/mol. The Hall–Kier alpha value is -2.60. The van der Waals surface area contributed by atoms with E-state index in [-0.39, 0.29) is 74.8 Å². The van der Waals surface area contributed by atoms with Gasteiger partial charge in [-0.15, -0.1) is 0 Å². The molecule has 1 aromatic heterocycles. The summed E-state index contributed by atoms with van der Waals surface area (Å²) in [5.41, 5.74) is 2.98. The number of nitro benzene ring substituents is 1. The fourth-order valence-electron chi connectivity index (χ4n) is 3.69. The Balaban J connectivity index is 0.000000354. The summed E-state index contributed by atoms with van der Waals surface area (Å²) < 4.78 is 18.4. The van der Waals surface area contributed by atoms with Gasteiger partial charge in [0.25, 0.3) is 5.69 Å². The monoisotopic (exact) mass is 763 g/mol. The molecule has 5 rings (SSSR count). The number of nitro groups is 1. The van der Waals surface area contributed by atoms with Crippen molar-refractivity contribution in [2.45, 2.75) is 46.3 Å². The van der Waals surface area contributed by atoms with Crippen LogP contribution in [0.3, 0.4) is 0 Å². The smallest absolute Gasteiger partial charge is 0.870 e. The van der Waals surface area contributed by atoms with Crippen molar-refractivity contribution >= 4 is 48.5 Å². The minimum absolute atomic E-state index is 0. The van der Waals surface area contributed by atoms with Crippen LogP contribution in [0.1, 0.15) is 33.3 Å². The zero-order valence-corrected chi connectivity index (χ0v) is 31.9. The maximum absolute atomic E-state index is 10.1. The molecule has 0 spiro atoms. The van der Waals surface area contributed by atoms with Crippen LogP contribution >= 0.6 is 31.9 Å². The molecule has 9 nitrogen and oxygen atoms in total. The van der Waals surface area contributed by atoms with Gasteiger partial charge in [0.1, 0.15) is 17.0 Å². The van der Waals surface area contributed by atoms with Crippen molar-refractivity contribution in [3.63, 3.8) is 0 Å². The minimum atomic E-state index is -0.424. The van der Waals surface area contributed by atoms with E-state index in [9.17, 15) is 10.1 Å². The molecule has 5 aromatic rings. The molecule has 45 heavy (non-hydrogen) atoms. The number of halogens is 2. The molecule has 0 atom stereocenters. The molecule has 0 bridgehead atoms. The van der Waals surface area contributed by atoms with E-state index in [1.807, 2.05) is 94.4 Å². The fraction of sp³-hybridized carbons (Fsp3) is 0.212. The van der Waals surface area contributed by atoms with Crippen molar-refractivity contribution in [1.82, 2.24) is 5.16 Å². The van der Waals surface area contributed by atoms with Gasteiger partial charge in [0.05, 0.1) is 35.0 Å². The third-order valence-electron chi connectivity index (χ3n) is 5.54. The normalized spacial score (nSPS) is 9.84. The van der Waals surface area contributed by atoms with Gasteiger partial charge in [-0.2, -0.15) is 5.26 Å². The van der Waals surface area contributed by atoms with Gasteiger partial charge in [0, 0.05) is 26.6 Å². The van der Waals surface area contributed by atoms with E-state index < -0.39 is 4.92 Å². The molecular weight excluding hydrogens is 733 g/mol. The van der Waals surface area contributed by atoms with Crippen molar-refractivity contribution in [1.29, 1.82) is 5.26 Å². The van der Waals surface area contributed by atoms with Gasteiger partial charge in [-0.3, -0.25) is 10.1 Å². The quantitative estimate of drug-likeness (QED) is 0.101. The van der Waals surface area contributed by atoms with Crippen LogP contribution < -0.4 is 60.9 Å². The number of hydrogen-bond acceptors (Lipinski definition) is 8. The van der Waals surface area contributed by atoms with Crippen molar-refractivity contribution in [2.75, 3.05) is 0 Å². The third kappa shape index (κ3) is 13.7. The van der Waals surface area contributed by atoms with Crippen molar-refractivity contribution < 1.29 is 75.8 Å². The maximum atomic E-state index is 10.1. The molecule has 1 heterocycles. The van der Waals surface area contributed by atoms with Gasteiger partial charge in [0.2, 0.25) is 0 Å². The zero-order valence-electron chi connectivity index (χ0n) is 25.6. The number of rotatable bonds is 7. The molecule has 4 aromatic carbocycles. The number of aromatic nitrogens is 1. The van der Waals surface area contributed by atoms with Gasteiger partial charge in [-0.25, -0.2) is 0 Å². The summed E-state index contributed by atoms with van der Waals surface area (Å²) in [4.78, 5) is 9.68. The molecule has 0 aliphatic heterocycles. The standard InChI is InChI=1S/C16H14BrNO2.C11H13NO.C6H4BrNO2.K.H2O/c1-10(2)19-13-6-3-11(4-7-13)16-14-9-12(17)5-8-15(14)18-20-16;1-9(2)13-11-5-3-10(4-6-11)7-8-12;7-5-1-3-6(4-2-5)8(9)10;;/h3-10H,1-2H3;3-6,9H,7H2,1-2H3;1-4H;;1H2/q;;;+1;/p-1. The maximum Gasteiger partial charge on any atom is 1.00 e. The number of benzene rings is 4. The topological polar surface area (TPSA) is 141 Å². The van der Waals surface area contributed by atoms with Gasteiger partial charge in [-0.05, 0) is 100.0 Å².